The lowest BCUT2D eigenvalue weighted by Gasteiger charge is -2.63. The lowest BCUT2D eigenvalue weighted by Crippen LogP contribution is -2.64. The van der Waals surface area contributed by atoms with Gasteiger partial charge in [-0.25, -0.2) is 0 Å². The molecule has 0 saturated heterocycles. The molecule has 39 heavy (non-hydrogen) atoms. The zero-order valence-electron chi connectivity index (χ0n) is 24.4. The number of ketones is 1. The first-order valence-electron chi connectivity index (χ1n) is 14.6. The molecule has 0 spiro atoms. The molecule has 11 atom stereocenters. The first kappa shape index (κ1) is 30.3. The number of halogens is 1. The van der Waals surface area contributed by atoms with Gasteiger partial charge in [-0.1, -0.05) is 42.8 Å². The lowest BCUT2D eigenvalue weighted by atomic mass is 9.44. The van der Waals surface area contributed by atoms with Crippen molar-refractivity contribution in [3.63, 3.8) is 0 Å². The van der Waals surface area contributed by atoms with E-state index in [1.165, 1.54) is 13.8 Å². The number of allylic oxidation sites excluding steroid dienone is 2. The highest BCUT2D eigenvalue weighted by Crippen LogP contribution is 2.68. The molecule has 0 N–H and O–H groups in total. The van der Waals surface area contributed by atoms with E-state index in [0.717, 1.165) is 12.8 Å². The Balaban J connectivity index is 1.71. The molecule has 0 aliphatic heterocycles. The van der Waals surface area contributed by atoms with Crippen molar-refractivity contribution in [3.05, 3.63) is 12.2 Å². The van der Waals surface area contributed by atoms with Crippen LogP contribution >= 0.6 is 15.9 Å². The summed E-state index contributed by atoms with van der Waals surface area (Å²) in [4.78, 5) is 49.4. The number of ether oxygens (including phenoxy) is 3. The Morgan fingerprint density at radius 1 is 1.00 bits per heavy atom. The average Bonchev–Trinajstić information content (AvgIpc) is 3.19. The van der Waals surface area contributed by atoms with Gasteiger partial charge < -0.3 is 14.2 Å². The third-order valence-electron chi connectivity index (χ3n) is 10.7. The summed E-state index contributed by atoms with van der Waals surface area (Å²) in [6.07, 6.45) is 7.28. The first-order valence-corrected chi connectivity index (χ1v) is 15.5. The Kier molecular flexibility index (Phi) is 8.76. The smallest absolute Gasteiger partial charge is 0.306 e. The minimum Gasteiger partial charge on any atom is -0.463 e. The third kappa shape index (κ3) is 5.48. The molecular formula is C31H45BrO7. The van der Waals surface area contributed by atoms with Crippen LogP contribution in [0.3, 0.4) is 0 Å². The SMILES string of the molecule is CC(=O)O[C@H]1CC2C([C@H](OC(C)=O)C[C@@H]3[C@@H](Br)C(=O)C=C[C@]23C)[C@@H]2CC[C@H]([C@H](C)CCC(=O)OC(C)C)[C@@]12C. The molecule has 0 radical (unpaired) electrons. The van der Waals surface area contributed by atoms with Crippen LogP contribution < -0.4 is 0 Å². The molecule has 218 valence electrons. The predicted molar refractivity (Wildman–Crippen MR) is 150 cm³/mol. The summed E-state index contributed by atoms with van der Waals surface area (Å²) >= 11 is 3.67. The van der Waals surface area contributed by atoms with E-state index in [2.05, 4.69) is 42.8 Å². The molecule has 4 aliphatic carbocycles. The highest BCUT2D eigenvalue weighted by atomic mass is 79.9. The summed E-state index contributed by atoms with van der Waals surface area (Å²) in [6.45, 7) is 13.3. The fourth-order valence-electron chi connectivity index (χ4n) is 9.10. The van der Waals surface area contributed by atoms with E-state index in [0.29, 0.717) is 25.7 Å². The Morgan fingerprint density at radius 2 is 1.67 bits per heavy atom. The fraction of sp³-hybridized carbons (Fsp3) is 0.806. The molecule has 4 rings (SSSR count). The monoisotopic (exact) mass is 608 g/mol. The van der Waals surface area contributed by atoms with Gasteiger partial charge in [0, 0.05) is 31.6 Å². The van der Waals surface area contributed by atoms with Gasteiger partial charge in [0.1, 0.15) is 12.2 Å². The third-order valence-corrected chi connectivity index (χ3v) is 11.8. The van der Waals surface area contributed by atoms with Crippen LogP contribution in [-0.2, 0) is 33.4 Å². The second-order valence-corrected chi connectivity index (χ2v) is 14.2. The van der Waals surface area contributed by atoms with Crippen molar-refractivity contribution in [2.75, 3.05) is 0 Å². The average molecular weight is 610 g/mol. The molecule has 8 heteroatoms. The van der Waals surface area contributed by atoms with Gasteiger partial charge in [0.05, 0.1) is 10.9 Å². The van der Waals surface area contributed by atoms with Gasteiger partial charge in [0.2, 0.25) is 0 Å². The molecule has 3 saturated carbocycles. The van der Waals surface area contributed by atoms with E-state index >= 15 is 0 Å². The summed E-state index contributed by atoms with van der Waals surface area (Å²) in [5.41, 5.74) is -0.620. The summed E-state index contributed by atoms with van der Waals surface area (Å²) < 4.78 is 17.6. The zero-order chi connectivity index (χ0) is 28.9. The Labute approximate surface area is 241 Å². The van der Waals surface area contributed by atoms with E-state index in [9.17, 15) is 19.2 Å². The van der Waals surface area contributed by atoms with Crippen molar-refractivity contribution >= 4 is 39.6 Å². The lowest BCUT2D eigenvalue weighted by molar-refractivity contribution is -0.209. The maximum absolute atomic E-state index is 12.7. The second-order valence-electron chi connectivity index (χ2n) is 13.2. The number of alkyl halides is 1. The molecule has 0 aromatic rings. The summed E-state index contributed by atoms with van der Waals surface area (Å²) in [5.74, 6) is 0.0729. The molecule has 0 amide bonds. The van der Waals surface area contributed by atoms with Crippen molar-refractivity contribution < 1.29 is 33.4 Å². The van der Waals surface area contributed by atoms with E-state index in [1.807, 2.05) is 13.8 Å². The van der Waals surface area contributed by atoms with Crippen LogP contribution in [0.1, 0.15) is 87.0 Å². The standard InChI is InChI=1S/C31H45BrO7/c1-16(2)37-27(36)11-8-17(3)20-9-10-21-28-22(15-26(31(20,21)7)39-19(5)34)30(6)13-12-24(35)29(32)23(30)14-25(28)38-18(4)33/h12-13,16-17,20-23,25-26,28-29H,8-11,14-15H2,1-7H3/t17-,20-,21+,22?,23-,25-,26+,28?,29-,30-,31-/m1/s1. The number of hydrogen-bond donors (Lipinski definition) is 0. The fourth-order valence-corrected chi connectivity index (χ4v) is 10.0. The molecule has 0 aromatic heterocycles. The number of esters is 3. The van der Waals surface area contributed by atoms with Crippen LogP contribution in [0.5, 0.6) is 0 Å². The van der Waals surface area contributed by atoms with Crippen LogP contribution in [0.2, 0.25) is 0 Å². The van der Waals surface area contributed by atoms with E-state index in [4.69, 9.17) is 14.2 Å². The Bertz CT molecular complexity index is 1020. The minimum absolute atomic E-state index is 0.0222. The molecule has 2 unspecified atom stereocenters. The molecule has 4 aliphatic rings. The van der Waals surface area contributed by atoms with Crippen molar-refractivity contribution in [3.8, 4) is 0 Å². The second kappa shape index (κ2) is 11.3. The van der Waals surface area contributed by atoms with Crippen LogP contribution in [0, 0.1) is 46.3 Å². The van der Waals surface area contributed by atoms with Crippen molar-refractivity contribution in [1.82, 2.24) is 0 Å². The number of hydrogen-bond acceptors (Lipinski definition) is 7. The number of fused-ring (bicyclic) bond motifs is 5. The largest absolute Gasteiger partial charge is 0.463 e. The number of carbonyl (C=O) groups is 4. The summed E-state index contributed by atoms with van der Waals surface area (Å²) in [6, 6.07) is 0. The van der Waals surface area contributed by atoms with Crippen molar-refractivity contribution in [1.29, 1.82) is 0 Å². The predicted octanol–water partition coefficient (Wildman–Crippen LogP) is 5.81. The molecule has 7 nitrogen and oxygen atoms in total. The van der Waals surface area contributed by atoms with Gasteiger partial charge >= 0.3 is 17.9 Å². The van der Waals surface area contributed by atoms with Crippen molar-refractivity contribution in [2.45, 2.75) is 110 Å². The van der Waals surface area contributed by atoms with Crippen LogP contribution in [0.15, 0.2) is 12.2 Å². The highest BCUT2D eigenvalue weighted by molar-refractivity contribution is 9.10. The maximum Gasteiger partial charge on any atom is 0.306 e. The normalized spacial score (nSPS) is 41.7. The molecule has 0 aromatic carbocycles. The van der Waals surface area contributed by atoms with Gasteiger partial charge in [0.25, 0.3) is 0 Å². The maximum atomic E-state index is 12.7. The number of rotatable bonds is 7. The molecule has 0 bridgehead atoms. The summed E-state index contributed by atoms with van der Waals surface area (Å²) in [5, 5.41) is 0. The minimum atomic E-state index is -0.339. The van der Waals surface area contributed by atoms with Gasteiger partial charge in [-0.2, -0.15) is 0 Å². The van der Waals surface area contributed by atoms with Gasteiger partial charge in [-0.15, -0.1) is 0 Å². The quantitative estimate of drug-likeness (QED) is 0.204. The van der Waals surface area contributed by atoms with E-state index < -0.39 is 0 Å². The summed E-state index contributed by atoms with van der Waals surface area (Å²) in [7, 11) is 0. The van der Waals surface area contributed by atoms with Crippen LogP contribution in [-0.4, -0.2) is 46.8 Å². The molecular weight excluding hydrogens is 564 g/mol. The Morgan fingerprint density at radius 3 is 2.28 bits per heavy atom. The highest BCUT2D eigenvalue weighted by Gasteiger charge is 2.68. The van der Waals surface area contributed by atoms with Gasteiger partial charge in [0.15, 0.2) is 5.78 Å². The topological polar surface area (TPSA) is 96.0 Å². The Hall–Kier alpha value is -1.70. The van der Waals surface area contributed by atoms with E-state index in [-0.39, 0.29) is 93.2 Å². The molecule has 3 fully saturated rings. The molecule has 0 heterocycles. The first-order chi connectivity index (χ1) is 18.2. The van der Waals surface area contributed by atoms with Crippen LogP contribution in [0.25, 0.3) is 0 Å². The van der Waals surface area contributed by atoms with E-state index in [1.54, 1.807) is 6.08 Å². The van der Waals surface area contributed by atoms with Gasteiger partial charge in [-0.3, -0.25) is 19.2 Å². The van der Waals surface area contributed by atoms with Crippen LogP contribution in [0.4, 0.5) is 0 Å². The van der Waals surface area contributed by atoms with Crippen molar-refractivity contribution in [2.24, 2.45) is 46.3 Å². The van der Waals surface area contributed by atoms with Gasteiger partial charge in [-0.05, 0) is 87.0 Å². The zero-order valence-corrected chi connectivity index (χ0v) is 26.0. The number of carbonyl (C=O) groups excluding carboxylic acids is 4.